The number of halogens is 1. The number of anilines is 1. The molecule has 1 heterocycles. The quantitative estimate of drug-likeness (QED) is 0.350. The first kappa shape index (κ1) is 22.4. The summed E-state index contributed by atoms with van der Waals surface area (Å²) in [6, 6.07) is 7.86. The molecule has 0 bridgehead atoms. The van der Waals surface area contributed by atoms with E-state index in [0.717, 1.165) is 34.7 Å². The second kappa shape index (κ2) is 11.1. The third-order valence-corrected chi connectivity index (χ3v) is 4.03. The summed E-state index contributed by atoms with van der Waals surface area (Å²) >= 11 is 0. The molecule has 2 rings (SSSR count). The molecule has 1 aromatic heterocycles. The molecule has 144 valence electrons. The Bertz CT molecular complexity index is 730. The molecule has 0 radical (unpaired) electrons. The maximum absolute atomic E-state index is 6.06. The lowest BCUT2D eigenvalue weighted by Gasteiger charge is -2.11. The molecule has 0 aliphatic carbocycles. The number of aliphatic imine (C=N–C) groups is 1. The van der Waals surface area contributed by atoms with Gasteiger partial charge in [-0.25, -0.2) is 4.99 Å². The summed E-state index contributed by atoms with van der Waals surface area (Å²) in [5, 5.41) is 7.68. The van der Waals surface area contributed by atoms with Crippen LogP contribution in [0.25, 0.3) is 0 Å². The Morgan fingerprint density at radius 3 is 2.65 bits per heavy atom. The fourth-order valence-electron chi connectivity index (χ4n) is 2.62. The van der Waals surface area contributed by atoms with Crippen molar-refractivity contribution in [2.24, 2.45) is 10.7 Å². The van der Waals surface area contributed by atoms with Gasteiger partial charge in [0, 0.05) is 36.7 Å². The van der Waals surface area contributed by atoms with Crippen molar-refractivity contribution in [1.29, 1.82) is 0 Å². The Labute approximate surface area is 172 Å². The molecule has 0 atom stereocenters. The average molecular weight is 473 g/mol. The SMILES string of the molecule is COCCn1nc(C)c(CN=C(N)Nc2ccccc2COC)c1C.I. The van der Waals surface area contributed by atoms with Gasteiger partial charge >= 0.3 is 0 Å². The molecule has 0 saturated heterocycles. The second-order valence-corrected chi connectivity index (χ2v) is 5.78. The number of rotatable bonds is 8. The summed E-state index contributed by atoms with van der Waals surface area (Å²) in [6.45, 7) is 6.38. The van der Waals surface area contributed by atoms with Crippen LogP contribution in [0.5, 0.6) is 0 Å². The first-order chi connectivity index (χ1) is 12.1. The third kappa shape index (κ3) is 5.96. The molecule has 0 spiro atoms. The van der Waals surface area contributed by atoms with Gasteiger partial charge in [-0.3, -0.25) is 4.68 Å². The first-order valence-corrected chi connectivity index (χ1v) is 8.22. The zero-order chi connectivity index (χ0) is 18.2. The van der Waals surface area contributed by atoms with Gasteiger partial charge in [-0.15, -0.1) is 24.0 Å². The summed E-state index contributed by atoms with van der Waals surface area (Å²) in [4.78, 5) is 4.46. The molecule has 2 aromatic rings. The van der Waals surface area contributed by atoms with Gasteiger partial charge in [0.05, 0.1) is 32.0 Å². The highest BCUT2D eigenvalue weighted by Crippen LogP contribution is 2.17. The van der Waals surface area contributed by atoms with Crippen molar-refractivity contribution in [3.8, 4) is 0 Å². The van der Waals surface area contributed by atoms with Crippen LogP contribution in [0.4, 0.5) is 5.69 Å². The fraction of sp³-hybridized carbons (Fsp3) is 0.444. The highest BCUT2D eigenvalue weighted by atomic mass is 127. The van der Waals surface area contributed by atoms with E-state index < -0.39 is 0 Å². The molecule has 0 amide bonds. The van der Waals surface area contributed by atoms with E-state index in [1.54, 1.807) is 14.2 Å². The van der Waals surface area contributed by atoms with Gasteiger partial charge in [0.2, 0.25) is 0 Å². The highest BCUT2D eigenvalue weighted by molar-refractivity contribution is 14.0. The largest absolute Gasteiger partial charge is 0.383 e. The Balaban J connectivity index is 0.00000338. The number of hydrogen-bond acceptors (Lipinski definition) is 4. The molecule has 7 nitrogen and oxygen atoms in total. The molecule has 26 heavy (non-hydrogen) atoms. The summed E-state index contributed by atoms with van der Waals surface area (Å²) < 4.78 is 12.3. The molecular formula is C18H28IN5O2. The fourth-order valence-corrected chi connectivity index (χ4v) is 2.62. The minimum atomic E-state index is 0. The van der Waals surface area contributed by atoms with Crippen LogP contribution in [0.1, 0.15) is 22.5 Å². The van der Waals surface area contributed by atoms with Gasteiger partial charge in [0.15, 0.2) is 5.96 Å². The number of nitrogens with two attached hydrogens (primary N) is 1. The van der Waals surface area contributed by atoms with E-state index in [1.807, 2.05) is 42.8 Å². The van der Waals surface area contributed by atoms with Crippen LogP contribution in [-0.2, 0) is 29.2 Å². The lowest BCUT2D eigenvalue weighted by Crippen LogP contribution is -2.23. The van der Waals surface area contributed by atoms with Gasteiger partial charge in [-0.2, -0.15) is 5.10 Å². The van der Waals surface area contributed by atoms with Crippen LogP contribution in [0.2, 0.25) is 0 Å². The Morgan fingerprint density at radius 1 is 1.23 bits per heavy atom. The number of methoxy groups -OCH3 is 2. The number of hydrogen-bond donors (Lipinski definition) is 2. The van der Waals surface area contributed by atoms with E-state index in [0.29, 0.717) is 25.7 Å². The zero-order valence-electron chi connectivity index (χ0n) is 15.8. The van der Waals surface area contributed by atoms with Gasteiger partial charge in [-0.05, 0) is 19.9 Å². The number of para-hydroxylation sites is 1. The predicted octanol–water partition coefficient (Wildman–Crippen LogP) is 2.84. The van der Waals surface area contributed by atoms with E-state index >= 15 is 0 Å². The minimum absolute atomic E-state index is 0. The van der Waals surface area contributed by atoms with Crippen LogP contribution in [0, 0.1) is 13.8 Å². The molecule has 1 aromatic carbocycles. The molecule has 0 saturated carbocycles. The van der Waals surface area contributed by atoms with E-state index in [2.05, 4.69) is 15.4 Å². The van der Waals surface area contributed by atoms with E-state index in [1.165, 1.54) is 0 Å². The van der Waals surface area contributed by atoms with Gasteiger partial charge < -0.3 is 20.5 Å². The van der Waals surface area contributed by atoms with E-state index in [4.69, 9.17) is 15.2 Å². The predicted molar refractivity (Wildman–Crippen MR) is 115 cm³/mol. The van der Waals surface area contributed by atoms with Gasteiger partial charge in [0.1, 0.15) is 0 Å². The molecular weight excluding hydrogens is 445 g/mol. The van der Waals surface area contributed by atoms with Crippen molar-refractivity contribution in [3.05, 3.63) is 46.8 Å². The van der Waals surface area contributed by atoms with Crippen LogP contribution in [-0.4, -0.2) is 36.6 Å². The lowest BCUT2D eigenvalue weighted by molar-refractivity contribution is 0.182. The van der Waals surface area contributed by atoms with Crippen LogP contribution < -0.4 is 11.1 Å². The van der Waals surface area contributed by atoms with Crippen molar-refractivity contribution in [3.63, 3.8) is 0 Å². The summed E-state index contributed by atoms with van der Waals surface area (Å²) in [6.07, 6.45) is 0. The molecule has 0 aliphatic rings. The maximum atomic E-state index is 6.06. The lowest BCUT2D eigenvalue weighted by atomic mass is 10.2. The summed E-state index contributed by atoms with van der Waals surface area (Å²) in [5.41, 5.74) is 11.1. The van der Waals surface area contributed by atoms with Crippen molar-refractivity contribution in [2.45, 2.75) is 33.5 Å². The average Bonchev–Trinajstić information content (AvgIpc) is 2.86. The second-order valence-electron chi connectivity index (χ2n) is 5.78. The molecule has 0 aliphatic heterocycles. The van der Waals surface area contributed by atoms with Crippen LogP contribution in [0.15, 0.2) is 29.3 Å². The van der Waals surface area contributed by atoms with Crippen molar-refractivity contribution in [1.82, 2.24) is 9.78 Å². The Hall–Kier alpha value is -1.65. The van der Waals surface area contributed by atoms with E-state index in [9.17, 15) is 0 Å². The maximum Gasteiger partial charge on any atom is 0.193 e. The number of ether oxygens (including phenoxy) is 2. The first-order valence-electron chi connectivity index (χ1n) is 8.22. The third-order valence-electron chi connectivity index (χ3n) is 4.03. The topological polar surface area (TPSA) is 86.7 Å². The standard InChI is InChI=1S/C18H27N5O2.HI/c1-13-16(14(2)23(22-13)9-10-24-3)11-20-18(19)21-17-8-6-5-7-15(17)12-25-4;/h5-8H,9-12H2,1-4H3,(H3,19,20,21);1H. The molecule has 3 N–H and O–H groups in total. The van der Waals surface area contributed by atoms with E-state index in [-0.39, 0.29) is 24.0 Å². The van der Waals surface area contributed by atoms with Crippen molar-refractivity contribution >= 4 is 35.6 Å². The van der Waals surface area contributed by atoms with Gasteiger partial charge in [-0.1, -0.05) is 18.2 Å². The Morgan fingerprint density at radius 2 is 1.96 bits per heavy atom. The molecule has 0 fully saturated rings. The number of benzene rings is 1. The zero-order valence-corrected chi connectivity index (χ0v) is 18.1. The molecule has 8 heteroatoms. The van der Waals surface area contributed by atoms with Crippen LogP contribution >= 0.6 is 24.0 Å². The van der Waals surface area contributed by atoms with Gasteiger partial charge in [0.25, 0.3) is 0 Å². The number of aryl methyl sites for hydroxylation is 1. The number of aromatic nitrogens is 2. The molecule has 0 unspecified atom stereocenters. The monoisotopic (exact) mass is 473 g/mol. The van der Waals surface area contributed by atoms with Crippen molar-refractivity contribution in [2.75, 3.05) is 26.1 Å². The van der Waals surface area contributed by atoms with Crippen LogP contribution in [0.3, 0.4) is 0 Å². The highest BCUT2D eigenvalue weighted by Gasteiger charge is 2.11. The number of nitrogens with one attached hydrogen (secondary N) is 1. The summed E-state index contributed by atoms with van der Waals surface area (Å²) in [5.74, 6) is 0.368. The smallest absolute Gasteiger partial charge is 0.193 e. The Kier molecular flexibility index (Phi) is 9.60. The van der Waals surface area contributed by atoms with Crippen molar-refractivity contribution < 1.29 is 9.47 Å². The minimum Gasteiger partial charge on any atom is -0.383 e. The summed E-state index contributed by atoms with van der Waals surface area (Å²) in [7, 11) is 3.35. The normalized spacial score (nSPS) is 11.3. The number of guanidine groups is 1. The number of nitrogens with zero attached hydrogens (tertiary/aromatic N) is 3.